The van der Waals surface area contributed by atoms with E-state index in [1.165, 1.54) is 18.9 Å². The third-order valence-electron chi connectivity index (χ3n) is 14.7. The number of esters is 2. The zero-order valence-electron chi connectivity index (χ0n) is 48.7. The molecule has 13 atom stereocenters. The quantitative estimate of drug-likeness (QED) is 0.0136. The fourth-order valence-electron chi connectivity index (χ4n) is 9.64. The highest BCUT2D eigenvalue weighted by atomic mass is 16.7. The molecule has 5 N–H and O–H groups in total. The number of hydrogen-bond acceptors (Lipinski definition) is 15. The molecule has 0 spiro atoms. The van der Waals surface area contributed by atoms with Crippen LogP contribution in [0, 0.1) is 34.8 Å². The summed E-state index contributed by atoms with van der Waals surface area (Å²) in [5.74, 6) is -8.28. The van der Waals surface area contributed by atoms with Gasteiger partial charge in [-0.05, 0) is 82.9 Å². The van der Waals surface area contributed by atoms with Crippen LogP contribution in [0.5, 0.6) is 0 Å². The summed E-state index contributed by atoms with van der Waals surface area (Å²) in [6, 6.07) is 14.9. The molecule has 3 aromatic rings. The summed E-state index contributed by atoms with van der Waals surface area (Å²) in [6.45, 7) is 16.6. The first-order valence-corrected chi connectivity index (χ1v) is 27.8. The lowest BCUT2D eigenvalue weighted by Crippen LogP contribution is -2.61. The number of nitro groups is 1. The second kappa shape index (κ2) is 30.3. The summed E-state index contributed by atoms with van der Waals surface area (Å²) in [5, 5.41) is 25.6. The van der Waals surface area contributed by atoms with E-state index in [0.29, 0.717) is 23.1 Å². The molecule has 1 saturated carbocycles. The lowest BCUT2D eigenvalue weighted by Gasteiger charge is -2.32. The number of rotatable bonds is 27. The van der Waals surface area contributed by atoms with Crippen molar-refractivity contribution in [2.45, 2.75) is 167 Å². The van der Waals surface area contributed by atoms with Gasteiger partial charge in [0.25, 0.3) is 0 Å². The molecule has 446 valence electrons. The molecule has 6 amide bonds. The Morgan fingerprint density at radius 1 is 0.732 bits per heavy atom. The molecule has 22 nitrogen and oxygen atoms in total. The molecule has 2 aliphatic rings. The Morgan fingerprint density at radius 3 is 1.80 bits per heavy atom. The number of carbonyl (C=O) groups is 8. The molecule has 1 aliphatic heterocycles. The summed E-state index contributed by atoms with van der Waals surface area (Å²) < 4.78 is 27.3. The van der Waals surface area contributed by atoms with Crippen LogP contribution < -0.4 is 26.6 Å². The van der Waals surface area contributed by atoms with Gasteiger partial charge in [0.05, 0.1) is 0 Å². The fraction of sp³-hybridized carbons (Fsp3) is 0.533. The number of allylic oxidation sites excluding steroid dienone is 1. The molecule has 1 aliphatic carbocycles. The van der Waals surface area contributed by atoms with E-state index in [9.17, 15) is 43.7 Å². The van der Waals surface area contributed by atoms with Crippen molar-refractivity contribution >= 4 is 47.8 Å². The number of likely N-dealkylation sites (tertiary alicyclic amines) is 1. The third kappa shape index (κ3) is 18.8. The van der Waals surface area contributed by atoms with Gasteiger partial charge in [0.2, 0.25) is 29.7 Å². The monoisotopic (exact) mass is 1140 g/mol. The number of aryl methyl sites for hydroxylation is 1. The van der Waals surface area contributed by atoms with Gasteiger partial charge >= 0.3 is 24.1 Å². The van der Waals surface area contributed by atoms with E-state index in [2.05, 4.69) is 26.6 Å². The van der Waals surface area contributed by atoms with Gasteiger partial charge in [-0.3, -0.25) is 34.2 Å². The molecule has 22 heteroatoms. The minimum absolute atomic E-state index is 0.0913. The number of alkyl carbamates (subject to hydrolysis) is 1. The molecule has 0 unspecified atom stereocenters. The summed E-state index contributed by atoms with van der Waals surface area (Å²) in [5.41, 5.74) is 1.87. The number of benzene rings is 3. The summed E-state index contributed by atoms with van der Waals surface area (Å²) >= 11 is 0. The zero-order chi connectivity index (χ0) is 60.4. The topological polar surface area (TPSA) is 289 Å². The number of ether oxygens (including phenoxy) is 5. The Morgan fingerprint density at radius 2 is 1.28 bits per heavy atom. The van der Waals surface area contributed by atoms with E-state index in [0.717, 1.165) is 5.56 Å². The number of nitrogens with one attached hydrogen (secondary N) is 5. The van der Waals surface area contributed by atoms with Crippen LogP contribution in [-0.2, 0) is 59.1 Å². The van der Waals surface area contributed by atoms with Crippen molar-refractivity contribution in [1.29, 1.82) is 0 Å². The molecule has 0 aromatic heterocycles. The second-order valence-electron chi connectivity index (χ2n) is 22.3. The van der Waals surface area contributed by atoms with Crippen LogP contribution in [0.1, 0.15) is 122 Å². The highest BCUT2D eigenvalue weighted by Gasteiger charge is 2.51. The summed E-state index contributed by atoms with van der Waals surface area (Å²) in [7, 11) is 1.34. The minimum atomic E-state index is -1.76. The number of carbonyl (C=O) groups excluding carboxylic acids is 8. The van der Waals surface area contributed by atoms with Crippen LogP contribution in [0.15, 0.2) is 97.1 Å². The predicted molar refractivity (Wildman–Crippen MR) is 302 cm³/mol. The molecule has 5 rings (SSSR count). The first-order valence-electron chi connectivity index (χ1n) is 27.8. The maximum atomic E-state index is 15.1. The maximum absolute atomic E-state index is 15.1. The Kier molecular flexibility index (Phi) is 24.0. The minimum Gasteiger partial charge on any atom is -0.458 e. The van der Waals surface area contributed by atoms with Gasteiger partial charge in [-0.1, -0.05) is 137 Å². The van der Waals surface area contributed by atoms with Gasteiger partial charge < -0.3 is 50.3 Å². The van der Waals surface area contributed by atoms with Crippen molar-refractivity contribution in [3.8, 4) is 0 Å². The molecule has 0 bridgehead atoms. The number of amides is 6. The average Bonchev–Trinajstić information content (AvgIpc) is 4.31. The molecular weight excluding hydrogens is 1060 g/mol. The molecule has 0 radical (unpaired) electrons. The fourth-order valence-corrected chi connectivity index (χ4v) is 9.64. The van der Waals surface area contributed by atoms with Crippen molar-refractivity contribution in [3.05, 3.63) is 129 Å². The lowest BCUT2D eigenvalue weighted by molar-refractivity contribution is -0.498. The Labute approximate surface area is 479 Å². The van der Waals surface area contributed by atoms with Crippen LogP contribution in [0.4, 0.5) is 9.59 Å². The average molecular weight is 1140 g/mol. The van der Waals surface area contributed by atoms with Crippen LogP contribution >= 0.6 is 0 Å². The van der Waals surface area contributed by atoms with E-state index in [1.807, 2.05) is 32.1 Å². The number of hydrogen-bond donors (Lipinski definition) is 5. The van der Waals surface area contributed by atoms with Crippen LogP contribution in [-0.4, -0.2) is 132 Å². The molecule has 1 saturated heterocycles. The van der Waals surface area contributed by atoms with Crippen molar-refractivity contribution in [2.75, 3.05) is 20.4 Å². The molecule has 1 heterocycles. The standard InChI is InChI=1S/C60H81N7O15/c1-12-20-41-29-47(66(32-41)59(75)82-60(8,9)10)56(72)81-39(7)51(65-58(74)79-33-40-27-25-35(3)26-28-40)55(71)64-49(37(5)42-21-16-14-17-22-42)53(69)61-45(30-44-31-46(44)67(76)77)52(68)63-50(38(6)43-23-18-15-19-24-43)54(70)62-48(36(4)13-2)57(73)80-34-78-11/h12,14-28,36-39,41,44-51H,13,29-34H2,1-11H3,(H,61,69)(H,62,70)(H,63,68)(H,64,71)(H,65,74)/b20-12-/t36-,37+,38+,39+,41-,44+,45+,46+,47-,48-,49-,50+,51+/m0/s1. The second-order valence-corrected chi connectivity index (χ2v) is 22.3. The highest BCUT2D eigenvalue weighted by Crippen LogP contribution is 2.37. The van der Waals surface area contributed by atoms with Crippen molar-refractivity contribution in [1.82, 2.24) is 31.5 Å². The third-order valence-corrected chi connectivity index (χ3v) is 14.7. The molecule has 3 aromatic carbocycles. The van der Waals surface area contributed by atoms with Crippen LogP contribution in [0.2, 0.25) is 0 Å². The SMILES string of the molecule is C/C=C\[C@H]1C[C@@H](C(=O)O[C@H](C)[C@@H](NC(=O)OCc2ccc(C)cc2)C(=O)N[C@H](C(=O)N[C@H](C[C@@H]2C[C@H]2[N+](=O)[O-])C(=O)N[C@@H](C(=O)N[C@H](C(=O)OCOC)[C@@H](C)CC)[C@H](C)c2ccccc2)[C@H](C)c2ccccc2)N(C(=O)OC(C)(C)C)C1. The normalized spacial score (nSPS) is 20.0. The van der Waals surface area contributed by atoms with E-state index >= 15 is 4.79 Å². The van der Waals surface area contributed by atoms with E-state index < -0.39 is 130 Å². The van der Waals surface area contributed by atoms with Crippen molar-refractivity contribution in [3.63, 3.8) is 0 Å². The number of nitrogens with zero attached hydrogens (tertiary/aromatic N) is 2. The lowest BCUT2D eigenvalue weighted by atomic mass is 9.90. The summed E-state index contributed by atoms with van der Waals surface area (Å²) in [4.78, 5) is 127. The first-order chi connectivity index (χ1) is 38.8. The van der Waals surface area contributed by atoms with Gasteiger partial charge in [0, 0.05) is 42.8 Å². The highest BCUT2D eigenvalue weighted by molar-refractivity contribution is 5.97. The molecule has 2 fully saturated rings. The smallest absolute Gasteiger partial charge is 0.411 e. The van der Waals surface area contributed by atoms with Crippen molar-refractivity contribution in [2.24, 2.45) is 17.8 Å². The number of methoxy groups -OCH3 is 1. The van der Waals surface area contributed by atoms with Gasteiger partial charge in [0.1, 0.15) is 54.6 Å². The van der Waals surface area contributed by atoms with Gasteiger partial charge in [-0.25, -0.2) is 19.2 Å². The van der Waals surface area contributed by atoms with E-state index in [1.54, 1.807) is 127 Å². The summed E-state index contributed by atoms with van der Waals surface area (Å²) in [6.07, 6.45) is 0.771. The largest absolute Gasteiger partial charge is 0.458 e. The molecular formula is C60H81N7O15. The van der Waals surface area contributed by atoms with E-state index in [-0.39, 0.29) is 45.1 Å². The van der Waals surface area contributed by atoms with E-state index in [4.69, 9.17) is 23.7 Å². The van der Waals surface area contributed by atoms with Gasteiger partial charge in [-0.15, -0.1) is 0 Å². The Bertz CT molecular complexity index is 2700. The Hall–Kier alpha value is -7.88. The van der Waals surface area contributed by atoms with Gasteiger partial charge in [-0.2, -0.15) is 0 Å². The maximum Gasteiger partial charge on any atom is 0.411 e. The molecule has 82 heavy (non-hydrogen) atoms. The van der Waals surface area contributed by atoms with Crippen molar-refractivity contribution < 1.29 is 67.0 Å². The van der Waals surface area contributed by atoms with Crippen LogP contribution in [0.3, 0.4) is 0 Å². The Balaban J connectivity index is 1.50. The van der Waals surface area contributed by atoms with Gasteiger partial charge in [0.15, 0.2) is 6.79 Å². The van der Waals surface area contributed by atoms with Crippen LogP contribution in [0.25, 0.3) is 0 Å². The zero-order valence-corrected chi connectivity index (χ0v) is 48.7. The first kappa shape index (κ1) is 64.9. The predicted octanol–water partition coefficient (Wildman–Crippen LogP) is 6.52.